The van der Waals surface area contributed by atoms with Crippen LogP contribution in [-0.2, 0) is 9.47 Å². The third-order valence-electron chi connectivity index (χ3n) is 8.30. The number of morpholine rings is 2. The van der Waals surface area contributed by atoms with Crippen LogP contribution in [0.3, 0.4) is 0 Å². The summed E-state index contributed by atoms with van der Waals surface area (Å²) >= 11 is 0. The minimum absolute atomic E-state index is 0.138. The van der Waals surface area contributed by atoms with Crippen LogP contribution >= 0.6 is 0 Å². The summed E-state index contributed by atoms with van der Waals surface area (Å²) in [6.07, 6.45) is 0.203. The first-order valence-electron chi connectivity index (χ1n) is 12.9. The van der Waals surface area contributed by atoms with E-state index in [1.165, 1.54) is 16.9 Å². The van der Waals surface area contributed by atoms with Crippen molar-refractivity contribution in [1.29, 1.82) is 0 Å². The van der Waals surface area contributed by atoms with Gasteiger partial charge in [0.2, 0.25) is 5.43 Å². The maximum atomic E-state index is 15.9. The quantitative estimate of drug-likeness (QED) is 0.511. The molecule has 0 saturated carbocycles. The number of aromatic hydroxyl groups is 1. The summed E-state index contributed by atoms with van der Waals surface area (Å²) in [5, 5.41) is 12.6. The van der Waals surface area contributed by atoms with Crippen molar-refractivity contribution in [2.75, 3.05) is 45.0 Å². The van der Waals surface area contributed by atoms with E-state index in [1.54, 1.807) is 11.0 Å². The van der Waals surface area contributed by atoms with Crippen molar-refractivity contribution in [2.45, 2.75) is 24.4 Å². The molecule has 39 heavy (non-hydrogen) atoms. The zero-order chi connectivity index (χ0) is 27.0. The second-order valence-electron chi connectivity index (χ2n) is 10.3. The minimum Gasteiger partial charge on any atom is -0.502 e. The van der Waals surface area contributed by atoms with Gasteiger partial charge in [-0.25, -0.2) is 8.78 Å². The molecule has 1 aromatic heterocycles. The van der Waals surface area contributed by atoms with Crippen LogP contribution in [-0.4, -0.2) is 71.6 Å². The number of pyridine rings is 1. The molecule has 0 bridgehead atoms. The van der Waals surface area contributed by atoms with Gasteiger partial charge in [0, 0.05) is 30.9 Å². The fraction of sp³-hybridized carbons (Fsp3) is 0.357. The van der Waals surface area contributed by atoms with Gasteiger partial charge in [-0.2, -0.15) is 0 Å². The van der Waals surface area contributed by atoms with Gasteiger partial charge in [0.15, 0.2) is 23.1 Å². The molecule has 1 amide bonds. The Labute approximate surface area is 222 Å². The topological polar surface area (TPSA) is 87.5 Å². The maximum Gasteiger partial charge on any atom is 0.278 e. The number of rotatable bonds is 1. The average Bonchev–Trinajstić information content (AvgIpc) is 3.07. The molecule has 2 fully saturated rings. The highest BCUT2D eigenvalue weighted by Gasteiger charge is 2.49. The van der Waals surface area contributed by atoms with Crippen LogP contribution in [0.1, 0.15) is 50.9 Å². The van der Waals surface area contributed by atoms with Gasteiger partial charge >= 0.3 is 0 Å². The molecule has 4 atom stereocenters. The SMILES string of the molecule is CN1CCOC2c3ccccc3[C@@H](N3[C@@H]4COCCN4C(=O)c4c(O)c(=O)ccn43)c3ccc(F)c(F)c3C21. The lowest BCUT2D eigenvalue weighted by Gasteiger charge is -2.51. The van der Waals surface area contributed by atoms with E-state index < -0.39 is 53.1 Å². The number of nitrogens with zero attached hydrogens (tertiary/aromatic N) is 4. The fourth-order valence-corrected chi connectivity index (χ4v) is 6.54. The predicted octanol–water partition coefficient (Wildman–Crippen LogP) is 2.43. The molecule has 7 rings (SSSR count). The van der Waals surface area contributed by atoms with Crippen molar-refractivity contribution < 1.29 is 28.2 Å². The second-order valence-corrected chi connectivity index (χ2v) is 10.3. The molecule has 11 heteroatoms. The van der Waals surface area contributed by atoms with Crippen LogP contribution in [0.15, 0.2) is 53.5 Å². The molecule has 0 spiro atoms. The highest BCUT2D eigenvalue weighted by molar-refractivity contribution is 5.96. The first kappa shape index (κ1) is 24.3. The summed E-state index contributed by atoms with van der Waals surface area (Å²) in [5.41, 5.74) is 1.39. The Morgan fingerprint density at radius 1 is 0.974 bits per heavy atom. The average molecular weight is 537 g/mol. The number of halogens is 2. The van der Waals surface area contributed by atoms with E-state index in [0.717, 1.165) is 17.2 Å². The summed E-state index contributed by atoms with van der Waals surface area (Å²) in [7, 11) is 1.87. The number of aromatic nitrogens is 1. The Hall–Kier alpha value is -3.80. The lowest BCUT2D eigenvalue weighted by atomic mass is 9.91. The number of amides is 1. The maximum absolute atomic E-state index is 15.9. The van der Waals surface area contributed by atoms with Gasteiger partial charge in [0.05, 0.1) is 31.9 Å². The van der Waals surface area contributed by atoms with Crippen molar-refractivity contribution >= 4 is 5.91 Å². The minimum atomic E-state index is -0.964. The van der Waals surface area contributed by atoms with Gasteiger partial charge in [0.25, 0.3) is 5.91 Å². The van der Waals surface area contributed by atoms with Gasteiger partial charge in [-0.05, 0) is 29.8 Å². The van der Waals surface area contributed by atoms with Gasteiger partial charge in [-0.3, -0.25) is 24.2 Å². The normalized spacial score (nSPS) is 26.2. The van der Waals surface area contributed by atoms with Gasteiger partial charge in [-0.15, -0.1) is 0 Å². The van der Waals surface area contributed by atoms with Crippen molar-refractivity contribution in [2.24, 2.45) is 0 Å². The highest BCUT2D eigenvalue weighted by Crippen LogP contribution is 2.51. The fourth-order valence-electron chi connectivity index (χ4n) is 6.54. The molecule has 0 radical (unpaired) electrons. The summed E-state index contributed by atoms with van der Waals surface area (Å²) in [4.78, 5) is 29.5. The Morgan fingerprint density at radius 3 is 2.59 bits per heavy atom. The monoisotopic (exact) mass is 536 g/mol. The van der Waals surface area contributed by atoms with Crippen LogP contribution < -0.4 is 10.4 Å². The van der Waals surface area contributed by atoms with E-state index in [-0.39, 0.29) is 31.0 Å². The summed E-state index contributed by atoms with van der Waals surface area (Å²) in [6, 6.07) is 10.1. The smallest absolute Gasteiger partial charge is 0.278 e. The third kappa shape index (κ3) is 3.39. The Balaban J connectivity index is 1.57. The van der Waals surface area contributed by atoms with Crippen LogP contribution in [0.2, 0.25) is 0 Å². The number of likely N-dealkylation sites (N-methyl/N-ethyl adjacent to an activating group) is 1. The summed E-state index contributed by atoms with van der Waals surface area (Å²) < 4.78 is 44.3. The Morgan fingerprint density at radius 2 is 1.77 bits per heavy atom. The van der Waals surface area contributed by atoms with Crippen LogP contribution in [0.25, 0.3) is 0 Å². The molecule has 1 N–H and O–H groups in total. The molecule has 9 nitrogen and oxygen atoms in total. The van der Waals surface area contributed by atoms with Crippen molar-refractivity contribution in [3.8, 4) is 5.75 Å². The van der Waals surface area contributed by atoms with E-state index in [0.29, 0.717) is 18.7 Å². The van der Waals surface area contributed by atoms with Crippen LogP contribution in [0.4, 0.5) is 8.78 Å². The zero-order valence-electron chi connectivity index (χ0n) is 21.1. The first-order chi connectivity index (χ1) is 18.9. The molecule has 4 heterocycles. The summed E-state index contributed by atoms with van der Waals surface area (Å²) in [5.74, 6) is -3.08. The van der Waals surface area contributed by atoms with Crippen molar-refractivity contribution in [3.05, 3.63) is 98.5 Å². The Kier molecular flexibility index (Phi) is 5.51. The standard InChI is InChI=1S/C28H26F2N4O5/c1-31-10-13-39-27-16-5-3-2-4-15(16)23(17-6-7-18(29)22(30)21(17)24(27)31)34-20-14-38-12-11-32(20)28(37)25-26(36)19(35)8-9-33(25)34/h2-9,20,23-24,27,36H,10-14H2,1H3/t20-,23-,24?,27?/m1/s1. The molecule has 2 aromatic carbocycles. The molecule has 2 unspecified atom stereocenters. The molecule has 1 aliphatic carbocycles. The number of fused-ring (bicyclic) bond motifs is 7. The van der Waals surface area contributed by atoms with Gasteiger partial charge in [0.1, 0.15) is 12.3 Å². The molecule has 3 aromatic rings. The first-order valence-corrected chi connectivity index (χ1v) is 12.9. The molecular weight excluding hydrogens is 510 g/mol. The van der Waals surface area contributed by atoms with Crippen LogP contribution in [0, 0.1) is 11.6 Å². The van der Waals surface area contributed by atoms with E-state index in [1.807, 2.05) is 41.2 Å². The zero-order valence-corrected chi connectivity index (χ0v) is 21.1. The van der Waals surface area contributed by atoms with E-state index in [2.05, 4.69) is 0 Å². The lowest BCUT2D eigenvalue weighted by Crippen LogP contribution is -2.66. The van der Waals surface area contributed by atoms with Gasteiger partial charge < -0.3 is 19.5 Å². The predicted molar refractivity (Wildman–Crippen MR) is 135 cm³/mol. The molecule has 3 aliphatic heterocycles. The molecule has 4 aliphatic rings. The van der Waals surface area contributed by atoms with Crippen LogP contribution in [0.5, 0.6) is 5.75 Å². The third-order valence-corrected chi connectivity index (χ3v) is 8.30. The number of hydrogen-bond donors (Lipinski definition) is 1. The van der Waals surface area contributed by atoms with Gasteiger partial charge in [-0.1, -0.05) is 30.3 Å². The number of ether oxygens (including phenoxy) is 2. The number of carbonyl (C=O) groups is 1. The highest BCUT2D eigenvalue weighted by atomic mass is 19.2. The Bertz CT molecular complexity index is 1560. The van der Waals surface area contributed by atoms with E-state index in [9.17, 15) is 19.1 Å². The van der Waals surface area contributed by atoms with E-state index in [4.69, 9.17) is 9.47 Å². The van der Waals surface area contributed by atoms with E-state index >= 15 is 4.39 Å². The lowest BCUT2D eigenvalue weighted by molar-refractivity contribution is -0.0662. The van der Waals surface area contributed by atoms with Crippen molar-refractivity contribution in [1.82, 2.24) is 14.5 Å². The van der Waals surface area contributed by atoms with Crippen molar-refractivity contribution in [3.63, 3.8) is 0 Å². The number of carbonyl (C=O) groups excluding carboxylic acids is 1. The largest absolute Gasteiger partial charge is 0.502 e. The molecule has 2 saturated heterocycles. The number of hydrogen-bond acceptors (Lipinski definition) is 7. The number of benzene rings is 2. The molecular formula is C28H26F2N4O5. The summed E-state index contributed by atoms with van der Waals surface area (Å²) in [6.45, 7) is 1.61. The molecule has 202 valence electrons. The second kappa shape index (κ2) is 8.87.